The van der Waals surface area contributed by atoms with Gasteiger partial charge in [-0.3, -0.25) is 0 Å². The number of nitrogens with zero attached hydrogens (tertiary/aromatic N) is 1. The minimum Gasteiger partial charge on any atom is -0.496 e. The van der Waals surface area contributed by atoms with E-state index in [0.29, 0.717) is 22.9 Å². The van der Waals surface area contributed by atoms with Gasteiger partial charge in [0.1, 0.15) is 17.1 Å². The van der Waals surface area contributed by atoms with Gasteiger partial charge in [0.05, 0.1) is 7.11 Å². The molecule has 3 nitrogen and oxygen atoms in total. The summed E-state index contributed by atoms with van der Waals surface area (Å²) in [5.41, 5.74) is 3.02. The summed E-state index contributed by atoms with van der Waals surface area (Å²) in [4.78, 5) is 4.39. The van der Waals surface area contributed by atoms with E-state index in [4.69, 9.17) is 9.15 Å². The Kier molecular flexibility index (Phi) is 3.37. The van der Waals surface area contributed by atoms with E-state index in [0.717, 1.165) is 16.9 Å². The molecule has 1 heterocycles. The summed E-state index contributed by atoms with van der Waals surface area (Å²) in [5, 5.41) is 0. The van der Waals surface area contributed by atoms with Gasteiger partial charge in [-0.2, -0.15) is 0 Å². The number of methoxy groups -OCH3 is 1. The first-order valence-corrected chi connectivity index (χ1v) is 6.83. The Morgan fingerprint density at radius 1 is 1.14 bits per heavy atom. The number of oxazole rings is 1. The van der Waals surface area contributed by atoms with Crippen LogP contribution in [0, 0.1) is 5.82 Å². The first-order chi connectivity index (χ1) is 10.1. The number of rotatable bonds is 3. The molecule has 0 aliphatic carbocycles. The zero-order valence-corrected chi connectivity index (χ0v) is 12.2. The Hall–Kier alpha value is -2.36. The van der Waals surface area contributed by atoms with Gasteiger partial charge in [-0.1, -0.05) is 19.9 Å². The number of ether oxygens (including phenoxy) is 1. The van der Waals surface area contributed by atoms with Crippen LogP contribution < -0.4 is 4.74 Å². The molecule has 3 aromatic rings. The molecule has 0 spiro atoms. The molecule has 0 aliphatic rings. The van der Waals surface area contributed by atoms with Crippen LogP contribution in [0.5, 0.6) is 5.75 Å². The van der Waals surface area contributed by atoms with Crippen molar-refractivity contribution in [1.29, 1.82) is 0 Å². The summed E-state index contributed by atoms with van der Waals surface area (Å²) >= 11 is 0. The largest absolute Gasteiger partial charge is 0.496 e. The van der Waals surface area contributed by atoms with Crippen LogP contribution in [-0.2, 0) is 0 Å². The Bertz CT molecular complexity index is 793. The second-order valence-corrected chi connectivity index (χ2v) is 5.24. The van der Waals surface area contributed by atoms with E-state index >= 15 is 0 Å². The third-order valence-corrected chi connectivity index (χ3v) is 3.45. The molecule has 0 atom stereocenters. The molecule has 3 rings (SSSR count). The molecule has 0 amide bonds. The average molecular weight is 285 g/mol. The summed E-state index contributed by atoms with van der Waals surface area (Å²) in [5.74, 6) is 1.30. The molecule has 0 aliphatic heterocycles. The highest BCUT2D eigenvalue weighted by Gasteiger charge is 2.13. The highest BCUT2D eigenvalue weighted by atomic mass is 19.1. The highest BCUT2D eigenvalue weighted by molar-refractivity contribution is 5.76. The molecule has 0 N–H and O–H groups in total. The fourth-order valence-corrected chi connectivity index (χ4v) is 2.34. The fraction of sp³-hybridized carbons (Fsp3) is 0.235. The molecule has 0 unspecified atom stereocenters. The number of halogens is 1. The number of benzene rings is 2. The topological polar surface area (TPSA) is 35.3 Å². The summed E-state index contributed by atoms with van der Waals surface area (Å²) in [6.45, 7) is 4.22. The fourth-order valence-electron chi connectivity index (χ4n) is 2.34. The van der Waals surface area contributed by atoms with Gasteiger partial charge in [0.25, 0.3) is 0 Å². The second kappa shape index (κ2) is 5.20. The molecule has 0 radical (unpaired) electrons. The maximum atomic E-state index is 13.2. The van der Waals surface area contributed by atoms with Crippen LogP contribution in [0.2, 0.25) is 0 Å². The van der Waals surface area contributed by atoms with Gasteiger partial charge in [-0.25, -0.2) is 9.37 Å². The molecule has 1 aromatic heterocycles. The quantitative estimate of drug-likeness (QED) is 0.695. The van der Waals surface area contributed by atoms with Gasteiger partial charge in [-0.05, 0) is 35.7 Å². The molecule has 0 bridgehead atoms. The third kappa shape index (κ3) is 2.49. The molecule has 108 valence electrons. The van der Waals surface area contributed by atoms with Gasteiger partial charge >= 0.3 is 0 Å². The van der Waals surface area contributed by atoms with Crippen LogP contribution in [0.25, 0.3) is 22.6 Å². The molecule has 0 saturated heterocycles. The van der Waals surface area contributed by atoms with Crippen LogP contribution in [0.1, 0.15) is 25.3 Å². The van der Waals surface area contributed by atoms with Crippen molar-refractivity contribution in [3.8, 4) is 17.2 Å². The highest BCUT2D eigenvalue weighted by Crippen LogP contribution is 2.32. The first-order valence-electron chi connectivity index (χ1n) is 6.83. The Morgan fingerprint density at radius 3 is 2.67 bits per heavy atom. The van der Waals surface area contributed by atoms with E-state index in [1.165, 1.54) is 12.1 Å². The monoisotopic (exact) mass is 285 g/mol. The van der Waals surface area contributed by atoms with Crippen molar-refractivity contribution in [3.05, 3.63) is 47.8 Å². The maximum Gasteiger partial charge on any atom is 0.227 e. The van der Waals surface area contributed by atoms with Crippen molar-refractivity contribution in [2.75, 3.05) is 7.11 Å². The molecular formula is C17H16FNO2. The minimum absolute atomic E-state index is 0.335. The van der Waals surface area contributed by atoms with Crippen molar-refractivity contribution in [3.63, 3.8) is 0 Å². The molecular weight excluding hydrogens is 269 g/mol. The molecule has 0 saturated carbocycles. The zero-order valence-electron chi connectivity index (χ0n) is 12.2. The third-order valence-electron chi connectivity index (χ3n) is 3.45. The van der Waals surface area contributed by atoms with Crippen LogP contribution >= 0.6 is 0 Å². The van der Waals surface area contributed by atoms with Gasteiger partial charge in [0.15, 0.2) is 5.58 Å². The second-order valence-electron chi connectivity index (χ2n) is 5.24. The lowest BCUT2D eigenvalue weighted by Gasteiger charge is -2.12. The number of fused-ring (bicyclic) bond motifs is 1. The predicted octanol–water partition coefficient (Wildman–Crippen LogP) is 4.77. The Balaban J connectivity index is 2.09. The standard InChI is InChI=1S/C17H16FNO2/c1-10(2)13-6-4-11(8-15(13)20-3)17-19-14-7-5-12(18)9-16(14)21-17/h4-10H,1-3H3. The Labute approximate surface area is 122 Å². The molecule has 0 fully saturated rings. The van der Waals surface area contributed by atoms with Crippen molar-refractivity contribution in [2.24, 2.45) is 0 Å². The van der Waals surface area contributed by atoms with Crippen molar-refractivity contribution < 1.29 is 13.5 Å². The van der Waals surface area contributed by atoms with Crippen LogP contribution in [0.4, 0.5) is 4.39 Å². The normalized spacial score (nSPS) is 11.3. The van der Waals surface area contributed by atoms with Crippen molar-refractivity contribution in [2.45, 2.75) is 19.8 Å². The summed E-state index contributed by atoms with van der Waals surface area (Å²) < 4.78 is 24.3. The van der Waals surface area contributed by atoms with E-state index in [9.17, 15) is 4.39 Å². The van der Waals surface area contributed by atoms with E-state index in [1.54, 1.807) is 13.2 Å². The van der Waals surface area contributed by atoms with Crippen LogP contribution in [0.3, 0.4) is 0 Å². The molecule has 4 heteroatoms. The maximum absolute atomic E-state index is 13.2. The number of hydrogen-bond acceptors (Lipinski definition) is 3. The van der Waals surface area contributed by atoms with Gasteiger partial charge < -0.3 is 9.15 Å². The lowest BCUT2D eigenvalue weighted by molar-refractivity contribution is 0.407. The smallest absolute Gasteiger partial charge is 0.227 e. The SMILES string of the molecule is COc1cc(-c2nc3ccc(F)cc3o2)ccc1C(C)C. The number of aromatic nitrogens is 1. The minimum atomic E-state index is -0.335. The van der Waals surface area contributed by atoms with E-state index in [-0.39, 0.29) is 5.82 Å². The van der Waals surface area contributed by atoms with Gasteiger partial charge in [0.2, 0.25) is 5.89 Å². The average Bonchev–Trinajstić information content (AvgIpc) is 2.89. The Morgan fingerprint density at radius 2 is 1.95 bits per heavy atom. The van der Waals surface area contributed by atoms with Crippen molar-refractivity contribution >= 4 is 11.1 Å². The lowest BCUT2D eigenvalue weighted by Crippen LogP contribution is -1.94. The number of hydrogen-bond donors (Lipinski definition) is 0. The van der Waals surface area contributed by atoms with E-state index in [2.05, 4.69) is 18.8 Å². The predicted molar refractivity (Wildman–Crippen MR) is 80.0 cm³/mol. The molecule has 21 heavy (non-hydrogen) atoms. The summed E-state index contributed by atoms with van der Waals surface area (Å²) in [6, 6.07) is 10.2. The summed E-state index contributed by atoms with van der Waals surface area (Å²) in [7, 11) is 1.65. The van der Waals surface area contributed by atoms with E-state index in [1.807, 2.05) is 18.2 Å². The van der Waals surface area contributed by atoms with E-state index < -0.39 is 0 Å². The van der Waals surface area contributed by atoms with Gasteiger partial charge in [-0.15, -0.1) is 0 Å². The zero-order chi connectivity index (χ0) is 15.0. The van der Waals surface area contributed by atoms with Gasteiger partial charge in [0, 0.05) is 11.6 Å². The van der Waals surface area contributed by atoms with Crippen molar-refractivity contribution in [1.82, 2.24) is 4.98 Å². The molecule has 2 aromatic carbocycles. The van der Waals surface area contributed by atoms with Crippen LogP contribution in [-0.4, -0.2) is 12.1 Å². The van der Waals surface area contributed by atoms with Crippen LogP contribution in [0.15, 0.2) is 40.8 Å². The lowest BCUT2D eigenvalue weighted by atomic mass is 10.0. The first kappa shape index (κ1) is 13.6. The summed E-state index contributed by atoms with van der Waals surface area (Å²) in [6.07, 6.45) is 0.